The molecule has 24 heavy (non-hydrogen) atoms. The van der Waals surface area contributed by atoms with Crippen LogP contribution >= 0.6 is 0 Å². The Morgan fingerprint density at radius 2 is 1.83 bits per heavy atom. The van der Waals surface area contributed by atoms with Gasteiger partial charge in [-0.05, 0) is 31.0 Å². The third-order valence-corrected chi connectivity index (χ3v) is 4.80. The van der Waals surface area contributed by atoms with Crippen molar-refractivity contribution in [3.05, 3.63) is 30.1 Å². The summed E-state index contributed by atoms with van der Waals surface area (Å²) in [5.74, 6) is 3.31. The molecule has 0 unspecified atom stereocenters. The quantitative estimate of drug-likeness (QED) is 0.826. The van der Waals surface area contributed by atoms with Gasteiger partial charge in [-0.3, -0.25) is 0 Å². The van der Waals surface area contributed by atoms with Crippen LogP contribution in [0.15, 0.2) is 24.4 Å². The van der Waals surface area contributed by atoms with Crippen LogP contribution < -0.4 is 14.7 Å². The number of rotatable bonds is 5. The molecule has 1 aliphatic carbocycles. The van der Waals surface area contributed by atoms with Gasteiger partial charge in [-0.2, -0.15) is 10.1 Å². The molecule has 4 rings (SSSR count). The topological polar surface area (TPSA) is 61.3 Å². The van der Waals surface area contributed by atoms with Gasteiger partial charge in [0.25, 0.3) is 0 Å². The summed E-state index contributed by atoms with van der Waals surface area (Å²) in [5, 5.41) is 8.75. The average Bonchev–Trinajstić information content (AvgIpc) is 3.39. The monoisotopic (exact) mass is 325 g/mol. The highest BCUT2D eigenvalue weighted by atomic mass is 15.4. The second-order valence-electron chi connectivity index (χ2n) is 6.87. The number of aromatic nitrogens is 4. The van der Waals surface area contributed by atoms with Gasteiger partial charge in [0.05, 0.1) is 11.7 Å². The molecule has 7 heteroatoms. The average molecular weight is 325 g/mol. The molecule has 0 amide bonds. The van der Waals surface area contributed by atoms with E-state index >= 15 is 0 Å². The zero-order valence-electron chi connectivity index (χ0n) is 14.4. The second kappa shape index (κ2) is 5.89. The highest BCUT2D eigenvalue weighted by molar-refractivity contribution is 5.48. The van der Waals surface area contributed by atoms with E-state index in [2.05, 4.69) is 49.1 Å². The van der Waals surface area contributed by atoms with Gasteiger partial charge in [-0.15, -0.1) is 5.10 Å². The van der Waals surface area contributed by atoms with Gasteiger partial charge in [0.2, 0.25) is 5.95 Å². The van der Waals surface area contributed by atoms with Crippen LogP contribution in [-0.2, 0) is 0 Å². The molecule has 1 saturated carbocycles. The Kier molecular flexibility index (Phi) is 3.70. The molecule has 2 fully saturated rings. The lowest BCUT2D eigenvalue weighted by Gasteiger charge is -2.44. The first-order chi connectivity index (χ1) is 11.6. The second-order valence-corrected chi connectivity index (χ2v) is 6.87. The van der Waals surface area contributed by atoms with Crippen molar-refractivity contribution in [2.45, 2.75) is 24.8 Å². The standard InChI is InChI=1S/C17H23N7/c1-22(2)15-8-9-18-17(19-15)23(3)13-10-24(11-13)16-7-6-14(20-21-16)12-4-5-12/h6-9,12-13H,4-5,10-11H2,1-3H3. The van der Waals surface area contributed by atoms with Crippen molar-refractivity contribution in [2.75, 3.05) is 48.9 Å². The molecule has 0 bridgehead atoms. The molecule has 7 nitrogen and oxygen atoms in total. The number of hydrogen-bond donors (Lipinski definition) is 0. The maximum atomic E-state index is 4.61. The van der Waals surface area contributed by atoms with Crippen LogP contribution in [0.3, 0.4) is 0 Å². The van der Waals surface area contributed by atoms with Gasteiger partial charge in [-0.25, -0.2) is 4.98 Å². The largest absolute Gasteiger partial charge is 0.363 e. The van der Waals surface area contributed by atoms with E-state index in [0.29, 0.717) is 12.0 Å². The van der Waals surface area contributed by atoms with Crippen molar-refractivity contribution in [3.63, 3.8) is 0 Å². The zero-order chi connectivity index (χ0) is 16.7. The Morgan fingerprint density at radius 1 is 1.04 bits per heavy atom. The van der Waals surface area contributed by atoms with E-state index in [1.54, 1.807) is 0 Å². The molecule has 1 saturated heterocycles. The maximum Gasteiger partial charge on any atom is 0.227 e. The Morgan fingerprint density at radius 3 is 2.46 bits per heavy atom. The van der Waals surface area contributed by atoms with E-state index in [1.807, 2.05) is 31.3 Å². The summed E-state index contributed by atoms with van der Waals surface area (Å²) in [7, 11) is 6.03. The van der Waals surface area contributed by atoms with Crippen LogP contribution in [-0.4, -0.2) is 60.4 Å². The van der Waals surface area contributed by atoms with E-state index in [9.17, 15) is 0 Å². The molecule has 0 N–H and O–H groups in total. The molecule has 3 heterocycles. The Bertz CT molecular complexity index is 705. The molecule has 1 aliphatic heterocycles. The van der Waals surface area contributed by atoms with Crippen LogP contribution in [0.4, 0.5) is 17.6 Å². The first kappa shape index (κ1) is 15.1. The summed E-state index contributed by atoms with van der Waals surface area (Å²) in [6.07, 6.45) is 4.33. The summed E-state index contributed by atoms with van der Waals surface area (Å²) < 4.78 is 0. The van der Waals surface area contributed by atoms with E-state index in [4.69, 9.17) is 0 Å². The van der Waals surface area contributed by atoms with Gasteiger partial charge in [-0.1, -0.05) is 0 Å². The molecule has 126 valence electrons. The van der Waals surface area contributed by atoms with Gasteiger partial charge >= 0.3 is 0 Å². The predicted octanol–water partition coefficient (Wildman–Crippen LogP) is 1.53. The van der Waals surface area contributed by atoms with Gasteiger partial charge in [0.15, 0.2) is 5.82 Å². The predicted molar refractivity (Wildman–Crippen MR) is 94.8 cm³/mol. The molecule has 0 spiro atoms. The Labute approximate surface area is 142 Å². The summed E-state index contributed by atoms with van der Waals surface area (Å²) in [6, 6.07) is 6.54. The molecule has 2 aromatic heterocycles. The van der Waals surface area contributed by atoms with Crippen LogP contribution in [0.1, 0.15) is 24.5 Å². The first-order valence-corrected chi connectivity index (χ1v) is 8.43. The van der Waals surface area contributed by atoms with Crippen LogP contribution in [0.25, 0.3) is 0 Å². The molecule has 0 radical (unpaired) electrons. The lowest BCUT2D eigenvalue weighted by atomic mass is 10.1. The fourth-order valence-corrected chi connectivity index (χ4v) is 2.91. The van der Waals surface area contributed by atoms with Crippen LogP contribution in [0.2, 0.25) is 0 Å². The molecule has 0 atom stereocenters. The fourth-order valence-electron chi connectivity index (χ4n) is 2.91. The zero-order valence-corrected chi connectivity index (χ0v) is 14.4. The number of anilines is 3. The highest BCUT2D eigenvalue weighted by Crippen LogP contribution is 2.38. The van der Waals surface area contributed by atoms with Crippen molar-refractivity contribution in [1.29, 1.82) is 0 Å². The van der Waals surface area contributed by atoms with Gasteiger partial charge in [0.1, 0.15) is 5.82 Å². The van der Waals surface area contributed by atoms with Crippen LogP contribution in [0.5, 0.6) is 0 Å². The van der Waals surface area contributed by atoms with E-state index in [1.165, 1.54) is 12.8 Å². The Hall–Kier alpha value is -2.44. The van der Waals surface area contributed by atoms with E-state index in [0.717, 1.165) is 36.4 Å². The van der Waals surface area contributed by atoms with Crippen molar-refractivity contribution in [1.82, 2.24) is 20.2 Å². The summed E-state index contributed by atoms with van der Waals surface area (Å²) >= 11 is 0. The minimum absolute atomic E-state index is 0.396. The molecule has 2 aliphatic rings. The number of hydrogen-bond acceptors (Lipinski definition) is 7. The number of nitrogens with zero attached hydrogens (tertiary/aromatic N) is 7. The van der Waals surface area contributed by atoms with E-state index in [-0.39, 0.29) is 0 Å². The summed E-state index contributed by atoms with van der Waals surface area (Å²) in [6.45, 7) is 1.84. The van der Waals surface area contributed by atoms with Crippen LogP contribution in [0, 0.1) is 0 Å². The third-order valence-electron chi connectivity index (χ3n) is 4.80. The maximum absolute atomic E-state index is 4.61. The van der Waals surface area contributed by atoms with Gasteiger partial charge < -0.3 is 14.7 Å². The molecule has 2 aromatic rings. The van der Waals surface area contributed by atoms with Gasteiger partial charge in [0, 0.05) is 46.3 Å². The SMILES string of the molecule is CN(C)c1ccnc(N(C)C2CN(c3ccc(C4CC4)nn3)C2)n1. The first-order valence-electron chi connectivity index (χ1n) is 8.43. The summed E-state index contributed by atoms with van der Waals surface area (Å²) in [5.41, 5.74) is 1.14. The number of likely N-dealkylation sites (N-methyl/N-ethyl adjacent to an activating group) is 1. The fraction of sp³-hybridized carbons (Fsp3) is 0.529. The van der Waals surface area contributed by atoms with Crippen molar-refractivity contribution in [3.8, 4) is 0 Å². The van der Waals surface area contributed by atoms with Crippen molar-refractivity contribution >= 4 is 17.6 Å². The molecule has 0 aromatic carbocycles. The molecular weight excluding hydrogens is 302 g/mol. The minimum Gasteiger partial charge on any atom is -0.363 e. The van der Waals surface area contributed by atoms with Crippen molar-refractivity contribution < 1.29 is 0 Å². The minimum atomic E-state index is 0.396. The summed E-state index contributed by atoms with van der Waals surface area (Å²) in [4.78, 5) is 15.4. The lowest BCUT2D eigenvalue weighted by molar-refractivity contribution is 0.484. The normalized spacial score (nSPS) is 17.5. The van der Waals surface area contributed by atoms with Crippen molar-refractivity contribution in [2.24, 2.45) is 0 Å². The molecular formula is C17H23N7. The highest BCUT2D eigenvalue weighted by Gasteiger charge is 2.33. The lowest BCUT2D eigenvalue weighted by Crippen LogP contribution is -2.59. The Balaban J connectivity index is 1.38. The third kappa shape index (κ3) is 2.86. The van der Waals surface area contributed by atoms with E-state index < -0.39 is 0 Å². The smallest absolute Gasteiger partial charge is 0.227 e.